The number of anilines is 3. The summed E-state index contributed by atoms with van der Waals surface area (Å²) < 4.78 is 13.1. The first kappa shape index (κ1) is 26.5. The van der Waals surface area contributed by atoms with Gasteiger partial charge in [-0.1, -0.05) is 127 Å². The van der Waals surface area contributed by atoms with Crippen LogP contribution in [0.25, 0.3) is 65.7 Å². The van der Waals surface area contributed by atoms with Crippen LogP contribution in [0.2, 0.25) is 0 Å². The number of rotatable bonds is 3. The molecule has 3 heteroatoms. The summed E-state index contributed by atoms with van der Waals surface area (Å²) in [4.78, 5) is 2.26. The minimum Gasteiger partial charge on any atom is -0.453 e. The van der Waals surface area contributed by atoms with Gasteiger partial charge in [0.25, 0.3) is 0 Å². The van der Waals surface area contributed by atoms with Crippen LogP contribution in [0.1, 0.15) is 0 Å². The first-order chi connectivity index (χ1) is 24.3. The van der Waals surface area contributed by atoms with Crippen molar-refractivity contribution in [2.75, 3.05) is 4.90 Å². The quantitative estimate of drug-likeness (QED) is 0.182. The highest BCUT2D eigenvalue weighted by atomic mass is 16.5. The molecule has 9 aromatic rings. The second kappa shape index (κ2) is 9.96. The summed E-state index contributed by atoms with van der Waals surface area (Å²) in [6, 6.07) is 58.4. The minimum atomic E-state index is 0.778. The standard InChI is InChI=1S/C46H27NO2/c1-2-11-35(33-26-42-46-43(27-33)49-41-15-6-4-13-39(41)47(46)38-12-3-5-14-40(38)48-42)34(10-1)28-16-18-29(19-17-28)36-24-22-32-21-20-30-8-7-9-31-23-25-37(36)45(32)44(30)31/h1-27H. The van der Waals surface area contributed by atoms with Crippen LogP contribution in [0.3, 0.4) is 0 Å². The van der Waals surface area contributed by atoms with Crippen LogP contribution in [0.4, 0.5) is 17.1 Å². The number of fused-ring (bicyclic) bond motifs is 4. The van der Waals surface area contributed by atoms with Crippen molar-refractivity contribution in [3.63, 3.8) is 0 Å². The summed E-state index contributed by atoms with van der Waals surface area (Å²) in [6.45, 7) is 0. The maximum absolute atomic E-state index is 6.57. The van der Waals surface area contributed by atoms with E-state index in [9.17, 15) is 0 Å². The molecular formula is C46H27NO2. The molecule has 0 radical (unpaired) electrons. The number of hydrogen-bond donors (Lipinski definition) is 0. The molecule has 2 aliphatic heterocycles. The third-order valence-electron chi connectivity index (χ3n) is 10.2. The maximum atomic E-state index is 6.57. The van der Waals surface area contributed by atoms with Crippen LogP contribution in [-0.2, 0) is 0 Å². The number of benzene rings is 9. The minimum absolute atomic E-state index is 0.778. The predicted molar refractivity (Wildman–Crippen MR) is 201 cm³/mol. The van der Waals surface area contributed by atoms with Crippen molar-refractivity contribution in [3.05, 3.63) is 164 Å². The number of hydrogen-bond acceptors (Lipinski definition) is 3. The highest BCUT2D eigenvalue weighted by molar-refractivity contribution is 6.25. The average molecular weight is 626 g/mol. The fourth-order valence-electron chi connectivity index (χ4n) is 7.98. The summed E-state index contributed by atoms with van der Waals surface area (Å²) in [5.74, 6) is 3.20. The first-order valence-electron chi connectivity index (χ1n) is 16.7. The van der Waals surface area contributed by atoms with Gasteiger partial charge in [-0.15, -0.1) is 0 Å². The monoisotopic (exact) mass is 625 g/mol. The van der Waals surface area contributed by atoms with E-state index in [-0.39, 0.29) is 0 Å². The largest absolute Gasteiger partial charge is 0.453 e. The second-order valence-corrected chi connectivity index (χ2v) is 12.9. The molecule has 0 bridgehead atoms. The normalized spacial score (nSPS) is 12.8. The lowest BCUT2D eigenvalue weighted by molar-refractivity contribution is 0.446. The van der Waals surface area contributed by atoms with Crippen LogP contribution in [-0.4, -0.2) is 0 Å². The topological polar surface area (TPSA) is 21.7 Å². The van der Waals surface area contributed by atoms with E-state index in [1.165, 1.54) is 43.4 Å². The van der Waals surface area contributed by atoms with Crippen LogP contribution < -0.4 is 14.4 Å². The molecular weight excluding hydrogens is 599 g/mol. The lowest BCUT2D eigenvalue weighted by Gasteiger charge is -2.38. The molecule has 2 aliphatic rings. The Balaban J connectivity index is 1.02. The Hall–Kier alpha value is -6.58. The number of ether oxygens (including phenoxy) is 2. The zero-order valence-electron chi connectivity index (χ0n) is 26.4. The second-order valence-electron chi connectivity index (χ2n) is 12.9. The van der Waals surface area contributed by atoms with E-state index < -0.39 is 0 Å². The average Bonchev–Trinajstić information content (AvgIpc) is 3.16. The zero-order valence-corrected chi connectivity index (χ0v) is 26.4. The van der Waals surface area contributed by atoms with Crippen molar-refractivity contribution >= 4 is 49.4 Å². The first-order valence-corrected chi connectivity index (χ1v) is 16.7. The van der Waals surface area contributed by atoms with Gasteiger partial charge in [-0.2, -0.15) is 0 Å². The molecule has 49 heavy (non-hydrogen) atoms. The van der Waals surface area contributed by atoms with Crippen molar-refractivity contribution in [3.8, 4) is 56.4 Å². The molecule has 0 atom stereocenters. The van der Waals surface area contributed by atoms with Gasteiger partial charge in [0.2, 0.25) is 0 Å². The zero-order chi connectivity index (χ0) is 32.1. The van der Waals surface area contributed by atoms with Gasteiger partial charge in [0.1, 0.15) is 5.69 Å². The Morgan fingerprint density at radius 2 is 0.857 bits per heavy atom. The molecule has 0 saturated carbocycles. The van der Waals surface area contributed by atoms with Gasteiger partial charge < -0.3 is 9.47 Å². The Kier molecular flexibility index (Phi) is 5.38. The lowest BCUT2D eigenvalue weighted by atomic mass is 9.89. The van der Waals surface area contributed by atoms with Crippen molar-refractivity contribution < 1.29 is 9.47 Å². The molecule has 11 rings (SSSR count). The molecule has 0 N–H and O–H groups in total. The SMILES string of the molecule is c1ccc2c(c1)Oc1cc(-c3ccccc3-c3ccc(-c4ccc5ccc6cccc7ccc4c5c67)cc3)cc3c1N2c1ccccc1O3. The van der Waals surface area contributed by atoms with E-state index in [2.05, 4.69) is 132 Å². The molecule has 0 aliphatic carbocycles. The molecule has 228 valence electrons. The molecule has 0 fully saturated rings. The van der Waals surface area contributed by atoms with Gasteiger partial charge in [-0.3, -0.25) is 4.90 Å². The van der Waals surface area contributed by atoms with Crippen molar-refractivity contribution in [1.82, 2.24) is 0 Å². The van der Waals surface area contributed by atoms with Gasteiger partial charge in [-0.25, -0.2) is 0 Å². The fourth-order valence-corrected chi connectivity index (χ4v) is 7.98. The van der Waals surface area contributed by atoms with E-state index in [1.54, 1.807) is 0 Å². The maximum Gasteiger partial charge on any atom is 0.156 e. The van der Waals surface area contributed by atoms with Crippen LogP contribution in [0.15, 0.2) is 164 Å². The van der Waals surface area contributed by atoms with Crippen molar-refractivity contribution in [1.29, 1.82) is 0 Å². The molecule has 2 heterocycles. The van der Waals surface area contributed by atoms with Gasteiger partial charge in [-0.05, 0) is 102 Å². The summed E-state index contributed by atoms with van der Waals surface area (Å²) in [6.07, 6.45) is 0. The van der Waals surface area contributed by atoms with E-state index in [0.29, 0.717) is 0 Å². The summed E-state index contributed by atoms with van der Waals surface area (Å²) in [5.41, 5.74) is 9.86. The Morgan fingerprint density at radius 3 is 1.51 bits per heavy atom. The molecule has 0 spiro atoms. The highest BCUT2D eigenvalue weighted by Crippen LogP contribution is 2.60. The number of nitrogens with zero attached hydrogens (tertiary/aromatic N) is 1. The highest BCUT2D eigenvalue weighted by Gasteiger charge is 2.35. The van der Waals surface area contributed by atoms with Crippen LogP contribution in [0.5, 0.6) is 23.0 Å². The van der Waals surface area contributed by atoms with E-state index >= 15 is 0 Å². The summed E-state index contributed by atoms with van der Waals surface area (Å²) in [7, 11) is 0. The Labute approximate surface area is 283 Å². The summed E-state index contributed by atoms with van der Waals surface area (Å²) >= 11 is 0. The van der Waals surface area contributed by atoms with Crippen molar-refractivity contribution in [2.45, 2.75) is 0 Å². The Morgan fingerprint density at radius 1 is 0.347 bits per heavy atom. The fraction of sp³-hybridized carbons (Fsp3) is 0. The summed E-state index contributed by atoms with van der Waals surface area (Å²) in [5, 5.41) is 7.82. The third-order valence-corrected chi connectivity index (χ3v) is 10.2. The molecule has 9 aromatic carbocycles. The van der Waals surface area contributed by atoms with Crippen molar-refractivity contribution in [2.24, 2.45) is 0 Å². The smallest absolute Gasteiger partial charge is 0.156 e. The molecule has 0 amide bonds. The third kappa shape index (κ3) is 3.84. The van der Waals surface area contributed by atoms with Gasteiger partial charge >= 0.3 is 0 Å². The van der Waals surface area contributed by atoms with Gasteiger partial charge in [0.15, 0.2) is 23.0 Å². The lowest BCUT2D eigenvalue weighted by Crippen LogP contribution is -2.20. The van der Waals surface area contributed by atoms with E-state index in [4.69, 9.17) is 9.47 Å². The van der Waals surface area contributed by atoms with Gasteiger partial charge in [0, 0.05) is 0 Å². The van der Waals surface area contributed by atoms with E-state index in [1.807, 2.05) is 36.4 Å². The molecule has 0 aromatic heterocycles. The molecule has 3 nitrogen and oxygen atoms in total. The van der Waals surface area contributed by atoms with Gasteiger partial charge in [0.05, 0.1) is 11.4 Å². The van der Waals surface area contributed by atoms with Crippen LogP contribution in [0, 0.1) is 0 Å². The predicted octanol–water partition coefficient (Wildman–Crippen LogP) is 13.3. The Bertz CT molecular complexity index is 2690. The van der Waals surface area contributed by atoms with E-state index in [0.717, 1.165) is 62.3 Å². The molecule has 0 unspecified atom stereocenters. The number of para-hydroxylation sites is 4. The van der Waals surface area contributed by atoms with Crippen LogP contribution >= 0.6 is 0 Å². The molecule has 0 saturated heterocycles.